The average molecular weight is 194 g/mol. The van der Waals surface area contributed by atoms with Gasteiger partial charge in [0.1, 0.15) is 11.4 Å². The van der Waals surface area contributed by atoms with E-state index >= 15 is 0 Å². The van der Waals surface area contributed by atoms with Crippen molar-refractivity contribution in [1.29, 1.82) is 0 Å². The molecule has 0 fully saturated rings. The average Bonchev–Trinajstić information content (AvgIpc) is 2.47. The highest BCUT2D eigenvalue weighted by Crippen LogP contribution is 2.25. The first-order valence-corrected chi connectivity index (χ1v) is 4.01. The number of halogens is 1. The Morgan fingerprint density at radius 2 is 2.21 bits per heavy atom. The maximum Gasteiger partial charge on any atom is 0.342 e. The Kier molecular flexibility index (Phi) is 1.77. The highest BCUT2D eigenvalue weighted by Gasteiger charge is 2.18. The Morgan fingerprint density at radius 3 is 2.86 bits per heavy atom. The number of rotatable bonds is 1. The van der Waals surface area contributed by atoms with Crippen LogP contribution in [0, 0.1) is 12.7 Å². The molecule has 0 spiro atoms. The third-order valence-corrected chi connectivity index (χ3v) is 2.10. The predicted molar refractivity (Wildman–Crippen MR) is 47.9 cm³/mol. The maximum absolute atomic E-state index is 13.1. The van der Waals surface area contributed by atoms with E-state index in [0.29, 0.717) is 5.39 Å². The van der Waals surface area contributed by atoms with Crippen LogP contribution in [0.4, 0.5) is 4.39 Å². The lowest BCUT2D eigenvalue weighted by molar-refractivity contribution is 0.0693. The molecule has 2 aromatic rings. The Balaban J connectivity index is 2.90. The van der Waals surface area contributed by atoms with Gasteiger partial charge in [0.15, 0.2) is 5.58 Å². The predicted octanol–water partition coefficient (Wildman–Crippen LogP) is 2.58. The van der Waals surface area contributed by atoms with Gasteiger partial charge in [-0.3, -0.25) is 0 Å². The van der Waals surface area contributed by atoms with Crippen LogP contribution in [0.5, 0.6) is 0 Å². The molecule has 3 nitrogen and oxygen atoms in total. The lowest BCUT2D eigenvalue weighted by atomic mass is 10.1. The molecule has 0 atom stereocenters. The molecule has 0 aliphatic carbocycles. The lowest BCUT2D eigenvalue weighted by Gasteiger charge is -1.97. The van der Waals surface area contributed by atoms with E-state index in [2.05, 4.69) is 0 Å². The smallest absolute Gasteiger partial charge is 0.342 e. The number of carbonyl (C=O) groups is 1. The third kappa shape index (κ3) is 1.08. The van der Waals surface area contributed by atoms with Gasteiger partial charge in [-0.05, 0) is 24.6 Å². The maximum atomic E-state index is 13.1. The molecule has 0 saturated heterocycles. The first-order valence-electron chi connectivity index (χ1n) is 4.01. The van der Waals surface area contributed by atoms with Crippen molar-refractivity contribution in [2.45, 2.75) is 6.92 Å². The van der Waals surface area contributed by atoms with Crippen LogP contribution >= 0.6 is 0 Å². The molecule has 0 bridgehead atoms. The minimum atomic E-state index is -1.32. The van der Waals surface area contributed by atoms with Crippen molar-refractivity contribution in [3.63, 3.8) is 0 Å². The van der Waals surface area contributed by atoms with Crippen molar-refractivity contribution in [3.8, 4) is 0 Å². The summed E-state index contributed by atoms with van der Waals surface area (Å²) in [5.74, 6) is -2.10. The van der Waals surface area contributed by atoms with Crippen molar-refractivity contribution < 1.29 is 18.7 Å². The normalized spacial score (nSPS) is 10.7. The van der Waals surface area contributed by atoms with E-state index in [9.17, 15) is 9.18 Å². The molecular weight excluding hydrogens is 187 g/mol. The number of benzene rings is 1. The van der Waals surface area contributed by atoms with Crippen LogP contribution in [0.3, 0.4) is 0 Å². The summed E-state index contributed by atoms with van der Waals surface area (Å²) in [4.78, 5) is 10.7. The van der Waals surface area contributed by atoms with E-state index in [1.807, 2.05) is 0 Å². The van der Waals surface area contributed by atoms with Crippen LogP contribution in [0.2, 0.25) is 0 Å². The minimum absolute atomic E-state index is 0.0926. The summed E-state index contributed by atoms with van der Waals surface area (Å²) in [7, 11) is 0. The van der Waals surface area contributed by atoms with Gasteiger partial charge in [0.05, 0.1) is 6.26 Å². The number of fused-ring (bicyclic) bond motifs is 1. The standard InChI is InChI=1S/C10H7FO3/c1-5-4-14-9-6(5)2-3-7(11)8(9)10(12)13/h2-4H,1H3,(H,12,13). The Labute approximate surface area is 78.8 Å². The van der Waals surface area contributed by atoms with E-state index in [1.54, 1.807) is 6.92 Å². The van der Waals surface area contributed by atoms with Crippen LogP contribution in [-0.4, -0.2) is 11.1 Å². The van der Waals surface area contributed by atoms with Crippen LogP contribution in [-0.2, 0) is 0 Å². The van der Waals surface area contributed by atoms with Crippen molar-refractivity contribution in [2.24, 2.45) is 0 Å². The largest absolute Gasteiger partial charge is 0.477 e. The zero-order chi connectivity index (χ0) is 10.3. The van der Waals surface area contributed by atoms with Crippen molar-refractivity contribution in [1.82, 2.24) is 0 Å². The molecular formula is C10H7FO3. The van der Waals surface area contributed by atoms with Crippen molar-refractivity contribution >= 4 is 16.9 Å². The first-order chi connectivity index (χ1) is 6.61. The molecule has 1 N–H and O–H groups in total. The molecule has 1 aromatic heterocycles. The molecule has 0 amide bonds. The van der Waals surface area contributed by atoms with Gasteiger partial charge in [0, 0.05) is 5.39 Å². The number of aromatic carboxylic acids is 1. The van der Waals surface area contributed by atoms with Gasteiger partial charge in [0.25, 0.3) is 0 Å². The summed E-state index contributed by atoms with van der Waals surface area (Å²) in [6, 6.07) is 2.64. The monoisotopic (exact) mass is 194 g/mol. The molecule has 0 unspecified atom stereocenters. The molecule has 72 valence electrons. The molecule has 0 aliphatic heterocycles. The number of carboxylic acid groups (broad SMARTS) is 1. The molecule has 4 heteroatoms. The first kappa shape index (κ1) is 8.74. The molecule has 2 rings (SSSR count). The molecule has 0 saturated carbocycles. The van der Waals surface area contributed by atoms with Gasteiger partial charge in [-0.25, -0.2) is 9.18 Å². The van der Waals surface area contributed by atoms with Gasteiger partial charge < -0.3 is 9.52 Å². The van der Waals surface area contributed by atoms with Crippen molar-refractivity contribution in [3.05, 3.63) is 35.3 Å². The number of furan rings is 1. The zero-order valence-electron chi connectivity index (χ0n) is 7.37. The molecule has 1 aromatic carbocycles. The summed E-state index contributed by atoms with van der Waals surface area (Å²) in [5, 5.41) is 9.40. The summed E-state index contributed by atoms with van der Waals surface area (Å²) >= 11 is 0. The Morgan fingerprint density at radius 1 is 1.50 bits per heavy atom. The third-order valence-electron chi connectivity index (χ3n) is 2.10. The van der Waals surface area contributed by atoms with Gasteiger partial charge in [-0.15, -0.1) is 0 Å². The van der Waals surface area contributed by atoms with Crippen LogP contribution in [0.25, 0.3) is 11.0 Å². The lowest BCUT2D eigenvalue weighted by Crippen LogP contribution is -2.00. The fourth-order valence-electron chi connectivity index (χ4n) is 1.40. The minimum Gasteiger partial charge on any atom is -0.477 e. The Bertz CT molecular complexity index is 513. The van der Waals surface area contributed by atoms with E-state index in [-0.39, 0.29) is 5.58 Å². The SMILES string of the molecule is Cc1coc2c(C(=O)O)c(F)ccc12. The van der Waals surface area contributed by atoms with Gasteiger partial charge in [-0.2, -0.15) is 0 Å². The zero-order valence-corrected chi connectivity index (χ0v) is 7.37. The van der Waals surface area contributed by atoms with E-state index in [4.69, 9.17) is 9.52 Å². The van der Waals surface area contributed by atoms with E-state index < -0.39 is 17.3 Å². The summed E-state index contributed by atoms with van der Waals surface area (Å²) in [5.41, 5.74) is 0.480. The topological polar surface area (TPSA) is 50.4 Å². The number of carboxylic acids is 1. The van der Waals surface area contributed by atoms with E-state index in [1.165, 1.54) is 12.3 Å². The van der Waals surface area contributed by atoms with Crippen LogP contribution < -0.4 is 0 Å². The summed E-state index contributed by atoms with van der Waals surface area (Å²) in [6.07, 6.45) is 1.41. The van der Waals surface area contributed by atoms with E-state index in [0.717, 1.165) is 11.6 Å². The molecule has 0 aliphatic rings. The van der Waals surface area contributed by atoms with Gasteiger partial charge >= 0.3 is 5.97 Å². The highest BCUT2D eigenvalue weighted by atomic mass is 19.1. The second-order valence-corrected chi connectivity index (χ2v) is 3.02. The fourth-order valence-corrected chi connectivity index (χ4v) is 1.40. The molecule has 1 heterocycles. The second kappa shape index (κ2) is 2.83. The summed E-state index contributed by atoms with van der Waals surface area (Å²) < 4.78 is 18.1. The highest BCUT2D eigenvalue weighted by molar-refractivity contribution is 6.02. The molecule has 0 radical (unpaired) electrons. The van der Waals surface area contributed by atoms with Gasteiger partial charge in [0.2, 0.25) is 0 Å². The van der Waals surface area contributed by atoms with Crippen LogP contribution in [0.1, 0.15) is 15.9 Å². The number of hydrogen-bond acceptors (Lipinski definition) is 2. The van der Waals surface area contributed by atoms with Crippen molar-refractivity contribution in [2.75, 3.05) is 0 Å². The second-order valence-electron chi connectivity index (χ2n) is 3.02. The quantitative estimate of drug-likeness (QED) is 0.758. The Hall–Kier alpha value is -1.84. The molecule has 14 heavy (non-hydrogen) atoms. The number of hydrogen-bond donors (Lipinski definition) is 1. The van der Waals surface area contributed by atoms with Gasteiger partial charge in [-0.1, -0.05) is 0 Å². The number of aryl methyl sites for hydroxylation is 1. The van der Waals surface area contributed by atoms with Crippen LogP contribution in [0.15, 0.2) is 22.8 Å². The summed E-state index contributed by atoms with van der Waals surface area (Å²) in [6.45, 7) is 1.77. The fraction of sp³-hybridized carbons (Fsp3) is 0.100.